The highest BCUT2D eigenvalue weighted by atomic mass is 31.2. The maximum Gasteiger partial charge on any atom is 0.331 e. The van der Waals surface area contributed by atoms with Crippen molar-refractivity contribution in [3.05, 3.63) is 24.7 Å². The highest BCUT2D eigenvalue weighted by molar-refractivity contribution is 7.46. The summed E-state index contributed by atoms with van der Waals surface area (Å²) in [7, 11) is 3.35. The van der Waals surface area contributed by atoms with Crippen LogP contribution in [0.25, 0.3) is 0 Å². The molecule has 2 N–H and O–H groups in total. The van der Waals surface area contributed by atoms with Gasteiger partial charge in [0.25, 0.3) is 15.6 Å². The van der Waals surface area contributed by atoms with E-state index in [1.165, 1.54) is 76.5 Å². The van der Waals surface area contributed by atoms with Gasteiger partial charge in [0.15, 0.2) is 6.10 Å². The number of rotatable bonds is 50. The maximum atomic E-state index is 16.1. The number of amidine groups is 1. The van der Waals surface area contributed by atoms with E-state index in [9.17, 15) is 28.5 Å². The molecule has 0 saturated carbocycles. The number of quaternary nitrogens is 2. The third-order valence-electron chi connectivity index (χ3n) is 13.8. The second-order valence-electron chi connectivity index (χ2n) is 23.3. The van der Waals surface area contributed by atoms with Crippen molar-refractivity contribution >= 4 is 33.4 Å². The fourth-order valence-electron chi connectivity index (χ4n) is 9.02. The molecular formula is C56H105F2N5O13P2. The number of halogens is 2. The highest BCUT2D eigenvalue weighted by Gasteiger charge is 2.63. The van der Waals surface area contributed by atoms with Crippen LogP contribution >= 0.6 is 15.6 Å². The number of hydrogen-bond donors (Lipinski definition) is 1. The Balaban J connectivity index is 1.53. The number of carbonyl (C=O) groups is 2. The van der Waals surface area contributed by atoms with E-state index in [1.807, 2.05) is 42.3 Å². The fourth-order valence-corrected chi connectivity index (χ4v) is 10.5. The van der Waals surface area contributed by atoms with E-state index in [4.69, 9.17) is 38.0 Å². The minimum atomic E-state index is -4.24. The summed E-state index contributed by atoms with van der Waals surface area (Å²) < 4.78 is 93.6. The van der Waals surface area contributed by atoms with Crippen LogP contribution in [-0.2, 0) is 51.0 Å². The Kier molecular flexibility index (Phi) is 36.8. The molecule has 2 aliphatic heterocycles. The van der Waals surface area contributed by atoms with Gasteiger partial charge >= 0.3 is 17.9 Å². The average molecular weight is 1160 g/mol. The molecule has 22 heteroatoms. The van der Waals surface area contributed by atoms with Crippen LogP contribution in [-0.4, -0.2) is 144 Å². The summed E-state index contributed by atoms with van der Waals surface area (Å²) in [6.45, 7) is 4.94. The third-order valence-corrected chi connectivity index (χ3v) is 15.8. The van der Waals surface area contributed by atoms with Crippen LogP contribution in [0.5, 0.6) is 0 Å². The Morgan fingerprint density at radius 3 is 1.29 bits per heavy atom. The van der Waals surface area contributed by atoms with Crippen LogP contribution in [0.4, 0.5) is 8.78 Å². The minimum absolute atomic E-state index is 0.0168. The first kappa shape index (κ1) is 71.8. The number of esters is 2. The molecule has 0 spiro atoms. The number of carbonyl (C=O) groups excluding carboxylic acids is 2. The van der Waals surface area contributed by atoms with E-state index in [2.05, 4.69) is 11.6 Å². The summed E-state index contributed by atoms with van der Waals surface area (Å²) in [5.74, 6) is -4.94. The first-order valence-corrected chi connectivity index (χ1v) is 32.5. The van der Waals surface area contributed by atoms with Crippen LogP contribution < -0.4 is 15.5 Å². The number of aliphatic imine (C=N–C) groups is 1. The number of hydrogen-bond acceptors (Lipinski definition) is 16. The SMILES string of the molecule is C=C1N=C(N)C=CN1[C@@H]1O[C@H](COC(=O)CCCCCCCCCCCCCCCCCOP(=O)([O-])OCC[N+](C)(C)C)C(OC(=O)CCCCCCCCCCCCCCCCCOP(=O)([O-])OCC[N+](C)(C)C)C1(F)F. The molecule has 5 atom stereocenters. The second kappa shape index (κ2) is 40.0. The van der Waals surface area contributed by atoms with Gasteiger partial charge in [-0.25, -0.2) is 4.99 Å². The third kappa shape index (κ3) is 36.2. The molecular weight excluding hydrogens is 1050 g/mol. The molecule has 78 heavy (non-hydrogen) atoms. The molecule has 2 heterocycles. The molecule has 0 aliphatic carbocycles. The first-order chi connectivity index (χ1) is 36.9. The van der Waals surface area contributed by atoms with Crippen LogP contribution in [0.15, 0.2) is 29.7 Å². The van der Waals surface area contributed by atoms with E-state index < -0.39 is 58.5 Å². The number of phosphoric ester groups is 2. The molecule has 0 aromatic rings. The Hall–Kier alpha value is -2.35. The van der Waals surface area contributed by atoms with Crippen molar-refractivity contribution < 1.29 is 78.6 Å². The molecule has 0 aromatic carbocycles. The van der Waals surface area contributed by atoms with Crippen LogP contribution in [0.2, 0.25) is 0 Å². The van der Waals surface area contributed by atoms with Crippen LogP contribution in [0.3, 0.4) is 0 Å². The van der Waals surface area contributed by atoms with Crippen molar-refractivity contribution in [1.82, 2.24) is 4.90 Å². The van der Waals surface area contributed by atoms with Crippen LogP contribution in [0.1, 0.15) is 205 Å². The van der Waals surface area contributed by atoms with Crippen LogP contribution in [0, 0.1) is 0 Å². The Labute approximate surface area is 468 Å². The number of nitrogens with two attached hydrogens (primary N) is 1. The summed E-state index contributed by atoms with van der Waals surface area (Å²) >= 11 is 0. The van der Waals surface area contributed by atoms with E-state index >= 15 is 8.78 Å². The van der Waals surface area contributed by atoms with Gasteiger partial charge in [0.05, 0.1) is 55.5 Å². The molecule has 2 rings (SSSR count). The molecule has 0 bridgehead atoms. The van der Waals surface area contributed by atoms with Crippen molar-refractivity contribution in [2.75, 3.05) is 88.4 Å². The van der Waals surface area contributed by atoms with Crippen molar-refractivity contribution in [2.24, 2.45) is 10.7 Å². The van der Waals surface area contributed by atoms with Crippen molar-refractivity contribution in [2.45, 2.75) is 230 Å². The van der Waals surface area contributed by atoms with Gasteiger partial charge in [-0.05, 0) is 31.8 Å². The molecule has 0 amide bonds. The predicted molar refractivity (Wildman–Crippen MR) is 299 cm³/mol. The maximum absolute atomic E-state index is 16.1. The molecule has 0 radical (unpaired) electrons. The summed E-state index contributed by atoms with van der Waals surface area (Å²) in [5, 5.41) is 0. The predicted octanol–water partition coefficient (Wildman–Crippen LogP) is 11.4. The highest BCUT2D eigenvalue weighted by Crippen LogP contribution is 2.43. The van der Waals surface area contributed by atoms with Gasteiger partial charge in [0.2, 0.25) is 6.23 Å². The molecule has 1 saturated heterocycles. The number of phosphoric acid groups is 2. The molecule has 456 valence electrons. The first-order valence-electron chi connectivity index (χ1n) is 29.6. The van der Waals surface area contributed by atoms with E-state index in [1.54, 1.807) is 0 Å². The monoisotopic (exact) mass is 1160 g/mol. The van der Waals surface area contributed by atoms with Crippen molar-refractivity contribution in [3.8, 4) is 0 Å². The van der Waals surface area contributed by atoms with E-state index in [0.29, 0.717) is 47.7 Å². The van der Waals surface area contributed by atoms with Crippen molar-refractivity contribution in [3.63, 3.8) is 0 Å². The second-order valence-corrected chi connectivity index (χ2v) is 26.2. The summed E-state index contributed by atoms with van der Waals surface area (Å²) in [6.07, 6.45) is 28.3. The van der Waals surface area contributed by atoms with Gasteiger partial charge in [-0.2, -0.15) is 8.78 Å². The zero-order valence-corrected chi connectivity index (χ0v) is 50.8. The van der Waals surface area contributed by atoms with E-state index in [-0.39, 0.29) is 50.9 Å². The fraction of sp³-hybridized carbons (Fsp3) is 0.875. The minimum Gasteiger partial charge on any atom is -0.756 e. The smallest absolute Gasteiger partial charge is 0.331 e. The Morgan fingerprint density at radius 2 is 0.936 bits per heavy atom. The van der Waals surface area contributed by atoms with E-state index in [0.717, 1.165) is 108 Å². The zero-order chi connectivity index (χ0) is 57.8. The number of likely N-dealkylation sites (N-methyl/N-ethyl adjacent to an activating group) is 2. The molecule has 1 fully saturated rings. The van der Waals surface area contributed by atoms with Gasteiger partial charge in [-0.1, -0.05) is 174 Å². The standard InChI is InChI=1S/C56H105F2N5O13P2/c1-49-60-51(59)40-41-61(49)55-56(57,58)54(76-53(65)39-35-31-27-23-19-15-11-9-13-17-21-25-29-33-37-45-72-78(68,69)74-47-43-63(5,6)7)50(75-55)48-70-52(64)38-34-30-26-22-18-14-10-8-12-16-20-24-28-32-36-44-71-77(66,67)73-46-42-62(2,3)4/h40-41,50,54-55H,1,8-39,42-48H2,2-7H3,(H2-2,59,60,66,67,68,69)/t50-,54?,55-/m1/s1. The topological polar surface area (TPSA) is 221 Å². The number of ether oxygens (including phenoxy) is 3. The van der Waals surface area contributed by atoms with Gasteiger partial charge < -0.3 is 61.7 Å². The normalized spacial score (nSPS) is 19.2. The van der Waals surface area contributed by atoms with Gasteiger partial charge in [0.1, 0.15) is 50.7 Å². The summed E-state index contributed by atoms with van der Waals surface area (Å²) in [5.41, 5.74) is 5.74. The molecule has 3 unspecified atom stereocenters. The van der Waals surface area contributed by atoms with Crippen molar-refractivity contribution in [1.29, 1.82) is 0 Å². The summed E-state index contributed by atoms with van der Waals surface area (Å²) in [4.78, 5) is 54.5. The average Bonchev–Trinajstić information content (AvgIpc) is 3.59. The Bertz CT molecular complexity index is 1820. The van der Waals surface area contributed by atoms with Gasteiger partial charge in [-0.15, -0.1) is 0 Å². The van der Waals surface area contributed by atoms with Gasteiger partial charge in [0, 0.05) is 19.0 Å². The number of unbranched alkanes of at least 4 members (excludes halogenated alkanes) is 28. The lowest BCUT2D eigenvalue weighted by molar-refractivity contribution is -0.870. The number of alkyl halides is 2. The largest absolute Gasteiger partial charge is 0.756 e. The van der Waals surface area contributed by atoms with Gasteiger partial charge in [-0.3, -0.25) is 18.7 Å². The summed E-state index contributed by atoms with van der Waals surface area (Å²) in [6, 6.07) is 0. The lowest BCUT2D eigenvalue weighted by Gasteiger charge is -2.32. The molecule has 0 aromatic heterocycles. The Morgan fingerprint density at radius 1 is 0.603 bits per heavy atom. The molecule has 18 nitrogen and oxygen atoms in total. The lowest BCUT2D eigenvalue weighted by atomic mass is 10.0. The quantitative estimate of drug-likeness (QED) is 0.0259. The zero-order valence-electron chi connectivity index (χ0n) is 49.0. The number of nitrogens with zero attached hydrogens (tertiary/aromatic N) is 4. The molecule has 2 aliphatic rings. The lowest BCUT2D eigenvalue weighted by Crippen LogP contribution is -2.49.